The average Bonchev–Trinajstić information content (AvgIpc) is 3.25. The van der Waals surface area contributed by atoms with Crippen LogP contribution in [0.2, 0.25) is 0 Å². The van der Waals surface area contributed by atoms with Crippen molar-refractivity contribution < 1.29 is 19.1 Å². The zero-order chi connectivity index (χ0) is 24.8. The number of para-hydroxylation sites is 1. The Morgan fingerprint density at radius 2 is 1.97 bits per heavy atom. The maximum atomic E-state index is 13.1. The minimum Gasteiger partial charge on any atom is -0.496 e. The number of thioether (sulfide) groups is 1. The normalized spacial score (nSPS) is 16.9. The van der Waals surface area contributed by atoms with Crippen LogP contribution in [-0.2, 0) is 20.7 Å². The minimum absolute atomic E-state index is 0.114. The van der Waals surface area contributed by atoms with Gasteiger partial charge >= 0.3 is 5.97 Å². The van der Waals surface area contributed by atoms with Crippen LogP contribution in [0, 0.1) is 0 Å². The first-order chi connectivity index (χ1) is 17.0. The molecular formula is C26H28N4O4S. The lowest BCUT2D eigenvalue weighted by Crippen LogP contribution is -2.38. The van der Waals surface area contributed by atoms with Gasteiger partial charge in [0.05, 0.1) is 37.4 Å². The fraction of sp³-hybridized carbons (Fsp3) is 0.308. The highest BCUT2D eigenvalue weighted by Crippen LogP contribution is 2.46. The van der Waals surface area contributed by atoms with Crippen molar-refractivity contribution in [3.05, 3.63) is 82.3 Å². The van der Waals surface area contributed by atoms with E-state index in [2.05, 4.69) is 15.3 Å². The van der Waals surface area contributed by atoms with E-state index in [0.29, 0.717) is 35.2 Å². The van der Waals surface area contributed by atoms with E-state index in [0.717, 1.165) is 17.0 Å². The minimum atomic E-state index is -0.528. The van der Waals surface area contributed by atoms with Crippen molar-refractivity contribution in [2.45, 2.75) is 32.7 Å². The van der Waals surface area contributed by atoms with Crippen LogP contribution in [0.3, 0.4) is 0 Å². The number of carbonyl (C=O) groups excluding carboxylic acids is 2. The molecule has 4 rings (SSSR count). The topological polar surface area (TPSA) is 93.1 Å². The molecule has 0 saturated carbocycles. The summed E-state index contributed by atoms with van der Waals surface area (Å²) in [5, 5.41) is 5.60. The molecule has 1 aromatic carbocycles. The number of pyridine rings is 1. The zero-order valence-corrected chi connectivity index (χ0v) is 20.8. The van der Waals surface area contributed by atoms with Gasteiger partial charge in [0.25, 0.3) is 0 Å². The monoisotopic (exact) mass is 492 g/mol. The Balaban J connectivity index is 1.58. The fourth-order valence-electron chi connectivity index (χ4n) is 4.13. The first-order valence-electron chi connectivity index (χ1n) is 11.4. The van der Waals surface area contributed by atoms with E-state index in [9.17, 15) is 9.59 Å². The number of allylic oxidation sites excluding steroid dienone is 1. The standard InChI is InChI=1S/C26H28N4O4S/c1-4-34-25(32)23-17(2)29-26-30(24(23)20-10-5-6-11-21(20)33-3)19(16-35-26)15-22(31)28-14-12-18-9-7-8-13-27-18/h5-11,13,16,24H,4,12,14-15H2,1-3H3,(H,28,31). The Kier molecular flexibility index (Phi) is 7.87. The smallest absolute Gasteiger partial charge is 0.338 e. The first-order valence-corrected chi connectivity index (χ1v) is 12.3. The number of rotatable bonds is 9. The predicted octanol–water partition coefficient (Wildman–Crippen LogP) is 3.98. The largest absolute Gasteiger partial charge is 0.496 e. The Labute approximate surface area is 209 Å². The third-order valence-electron chi connectivity index (χ3n) is 5.70. The summed E-state index contributed by atoms with van der Waals surface area (Å²) in [7, 11) is 1.60. The fourth-order valence-corrected chi connectivity index (χ4v) is 5.09. The maximum Gasteiger partial charge on any atom is 0.338 e. The van der Waals surface area contributed by atoms with Crippen LogP contribution in [-0.4, -0.2) is 47.2 Å². The van der Waals surface area contributed by atoms with Gasteiger partial charge in [0, 0.05) is 36.1 Å². The molecule has 0 spiro atoms. The van der Waals surface area contributed by atoms with Crippen LogP contribution in [0.1, 0.15) is 37.6 Å². The van der Waals surface area contributed by atoms with Crippen LogP contribution in [0.4, 0.5) is 0 Å². The number of hydrogen-bond acceptors (Lipinski definition) is 8. The number of esters is 1. The molecule has 1 aromatic heterocycles. The van der Waals surface area contributed by atoms with Crippen molar-refractivity contribution in [2.75, 3.05) is 20.3 Å². The number of amides is 1. The number of carbonyl (C=O) groups is 2. The van der Waals surface area contributed by atoms with E-state index in [1.54, 1.807) is 20.2 Å². The lowest BCUT2D eigenvalue weighted by molar-refractivity contribution is -0.139. The van der Waals surface area contributed by atoms with Crippen LogP contribution in [0.5, 0.6) is 5.75 Å². The summed E-state index contributed by atoms with van der Waals surface area (Å²) in [6, 6.07) is 12.8. The number of methoxy groups -OCH3 is 1. The van der Waals surface area contributed by atoms with E-state index >= 15 is 0 Å². The molecule has 1 N–H and O–H groups in total. The van der Waals surface area contributed by atoms with Crippen LogP contribution >= 0.6 is 11.8 Å². The van der Waals surface area contributed by atoms with Crippen molar-refractivity contribution in [2.24, 2.45) is 4.99 Å². The number of amidine groups is 1. The van der Waals surface area contributed by atoms with E-state index in [1.165, 1.54) is 11.8 Å². The summed E-state index contributed by atoms with van der Waals surface area (Å²) < 4.78 is 11.0. The molecule has 0 radical (unpaired) electrons. The van der Waals surface area contributed by atoms with Gasteiger partial charge in [0.2, 0.25) is 5.91 Å². The molecule has 35 heavy (non-hydrogen) atoms. The second kappa shape index (κ2) is 11.2. The van der Waals surface area contributed by atoms with Gasteiger partial charge < -0.3 is 19.7 Å². The Morgan fingerprint density at radius 3 is 2.71 bits per heavy atom. The molecule has 8 nitrogen and oxygen atoms in total. The zero-order valence-electron chi connectivity index (χ0n) is 20.0. The quantitative estimate of drug-likeness (QED) is 0.529. The van der Waals surface area contributed by atoms with Crippen molar-refractivity contribution >= 4 is 28.8 Å². The van der Waals surface area contributed by atoms with Gasteiger partial charge in [0.15, 0.2) is 5.17 Å². The second-order valence-corrected chi connectivity index (χ2v) is 8.79. The molecular weight excluding hydrogens is 464 g/mol. The van der Waals surface area contributed by atoms with Gasteiger partial charge in [-0.25, -0.2) is 9.79 Å². The molecule has 0 fully saturated rings. The molecule has 9 heteroatoms. The van der Waals surface area contributed by atoms with E-state index in [1.807, 2.05) is 59.7 Å². The van der Waals surface area contributed by atoms with E-state index < -0.39 is 12.0 Å². The molecule has 0 bridgehead atoms. The highest BCUT2D eigenvalue weighted by atomic mass is 32.2. The summed E-state index contributed by atoms with van der Waals surface area (Å²) in [6.45, 7) is 4.32. The average molecular weight is 493 g/mol. The third-order valence-corrected chi connectivity index (χ3v) is 6.59. The number of benzene rings is 1. The molecule has 0 aliphatic carbocycles. The Bertz CT molecular complexity index is 1190. The molecule has 1 unspecified atom stereocenters. The highest BCUT2D eigenvalue weighted by molar-refractivity contribution is 8.16. The molecule has 2 aliphatic heterocycles. The van der Waals surface area contributed by atoms with Gasteiger partial charge in [-0.3, -0.25) is 9.78 Å². The number of ether oxygens (including phenoxy) is 2. The van der Waals surface area contributed by atoms with Crippen LogP contribution in [0.15, 0.2) is 76.0 Å². The summed E-state index contributed by atoms with van der Waals surface area (Å²) in [5.74, 6) is 0.0981. The van der Waals surface area contributed by atoms with E-state index in [4.69, 9.17) is 9.47 Å². The second-order valence-electron chi connectivity index (χ2n) is 7.95. The SMILES string of the molecule is CCOC(=O)C1=C(C)N=C2SC=C(CC(=O)NCCc3ccccn3)N2C1c1ccccc1OC. The molecule has 3 heterocycles. The lowest BCUT2D eigenvalue weighted by atomic mass is 9.93. The van der Waals surface area contributed by atoms with E-state index in [-0.39, 0.29) is 18.9 Å². The van der Waals surface area contributed by atoms with Crippen molar-refractivity contribution in [3.63, 3.8) is 0 Å². The summed E-state index contributed by atoms with van der Waals surface area (Å²) in [4.78, 5) is 36.8. The van der Waals surface area contributed by atoms with Gasteiger partial charge in [-0.15, -0.1) is 0 Å². The van der Waals surface area contributed by atoms with Crippen molar-refractivity contribution in [1.29, 1.82) is 0 Å². The number of aromatic nitrogens is 1. The molecule has 2 aliphatic rings. The molecule has 1 atom stereocenters. The highest BCUT2D eigenvalue weighted by Gasteiger charge is 2.42. The maximum absolute atomic E-state index is 13.1. The first kappa shape index (κ1) is 24.5. The van der Waals surface area contributed by atoms with Crippen LogP contribution in [0.25, 0.3) is 0 Å². The number of hydrogen-bond donors (Lipinski definition) is 1. The molecule has 2 aromatic rings. The Hall–Kier alpha value is -3.59. The van der Waals surface area contributed by atoms with Gasteiger partial charge in [-0.1, -0.05) is 36.0 Å². The lowest BCUT2D eigenvalue weighted by Gasteiger charge is -2.36. The van der Waals surface area contributed by atoms with Crippen molar-refractivity contribution in [1.82, 2.24) is 15.2 Å². The van der Waals surface area contributed by atoms with Crippen LogP contribution < -0.4 is 10.1 Å². The number of aliphatic imine (C=N–C) groups is 1. The Morgan fingerprint density at radius 1 is 1.17 bits per heavy atom. The molecule has 1 amide bonds. The molecule has 182 valence electrons. The third kappa shape index (κ3) is 5.40. The number of fused-ring (bicyclic) bond motifs is 1. The molecule has 0 saturated heterocycles. The van der Waals surface area contributed by atoms with Crippen molar-refractivity contribution in [3.8, 4) is 5.75 Å². The summed E-state index contributed by atoms with van der Waals surface area (Å²) in [6.07, 6.45) is 2.54. The summed E-state index contributed by atoms with van der Waals surface area (Å²) in [5.41, 5.74) is 3.50. The number of nitrogens with zero attached hydrogens (tertiary/aromatic N) is 3. The summed E-state index contributed by atoms with van der Waals surface area (Å²) >= 11 is 1.44. The van der Waals surface area contributed by atoms with Gasteiger partial charge in [-0.05, 0) is 37.5 Å². The predicted molar refractivity (Wildman–Crippen MR) is 136 cm³/mol. The van der Waals surface area contributed by atoms with Gasteiger partial charge in [-0.2, -0.15) is 0 Å². The van der Waals surface area contributed by atoms with Gasteiger partial charge in [0.1, 0.15) is 5.75 Å². The number of nitrogens with one attached hydrogen (secondary N) is 1.